The Labute approximate surface area is 154 Å². The van der Waals surface area contributed by atoms with Gasteiger partial charge in [0, 0.05) is 25.7 Å². The van der Waals surface area contributed by atoms with Crippen LogP contribution in [0.3, 0.4) is 0 Å². The second kappa shape index (κ2) is 7.12. The molecule has 1 aromatic carbocycles. The molecule has 0 radical (unpaired) electrons. The average Bonchev–Trinajstić information content (AvgIpc) is 2.93. The summed E-state index contributed by atoms with van der Waals surface area (Å²) in [6, 6.07) is 11.8. The van der Waals surface area contributed by atoms with Crippen LogP contribution in [0.15, 0.2) is 48.6 Å². The van der Waals surface area contributed by atoms with Crippen molar-refractivity contribution in [2.45, 2.75) is 20.8 Å². The zero-order valence-electron chi connectivity index (χ0n) is 15.8. The van der Waals surface area contributed by atoms with Crippen molar-refractivity contribution in [2.24, 2.45) is 7.05 Å². The van der Waals surface area contributed by atoms with Gasteiger partial charge in [-0.05, 0) is 26.8 Å². The summed E-state index contributed by atoms with van der Waals surface area (Å²) in [5.74, 6) is -0.0174. The van der Waals surface area contributed by atoms with E-state index in [0.717, 1.165) is 33.6 Å². The van der Waals surface area contributed by atoms with Crippen LogP contribution in [0.5, 0.6) is 0 Å². The lowest BCUT2D eigenvalue weighted by Gasteiger charge is -2.22. The van der Waals surface area contributed by atoms with Crippen LogP contribution in [0.25, 0.3) is 22.3 Å². The number of rotatable bonds is 5. The summed E-state index contributed by atoms with van der Waals surface area (Å²) in [6.07, 6.45) is 0. The number of nitrogens with zero attached hydrogens (tertiary/aromatic N) is 4. The molecule has 5 nitrogen and oxygen atoms in total. The number of benzene rings is 1. The molecule has 2 heterocycles. The van der Waals surface area contributed by atoms with Crippen LogP contribution in [-0.4, -0.2) is 38.7 Å². The lowest BCUT2D eigenvalue weighted by molar-refractivity contribution is 0.0780. The number of aryl methyl sites for hydroxylation is 2. The van der Waals surface area contributed by atoms with E-state index < -0.39 is 0 Å². The van der Waals surface area contributed by atoms with Crippen LogP contribution < -0.4 is 0 Å². The van der Waals surface area contributed by atoms with Crippen molar-refractivity contribution < 1.29 is 4.79 Å². The summed E-state index contributed by atoms with van der Waals surface area (Å²) in [5, 5.41) is 5.30. The van der Waals surface area contributed by atoms with E-state index in [1.165, 1.54) is 0 Å². The zero-order chi connectivity index (χ0) is 18.8. The lowest BCUT2D eigenvalue weighted by atomic mass is 10.0. The summed E-state index contributed by atoms with van der Waals surface area (Å²) in [5.41, 5.74) is 4.88. The minimum Gasteiger partial charge on any atom is -0.335 e. The minimum atomic E-state index is -0.0174. The molecular formula is C21H24N4O. The molecule has 2 aromatic heterocycles. The SMILES string of the molecule is C=C(C)CN(CC)C(=O)c1cc(-c2ccccc2)nc2c1c(C)nn2C. The highest BCUT2D eigenvalue weighted by molar-refractivity contribution is 6.07. The molecule has 0 aliphatic rings. The molecule has 1 amide bonds. The Hall–Kier alpha value is -2.95. The fourth-order valence-corrected chi connectivity index (χ4v) is 3.19. The zero-order valence-corrected chi connectivity index (χ0v) is 15.8. The maximum absolute atomic E-state index is 13.3. The topological polar surface area (TPSA) is 51.0 Å². The molecule has 0 N–H and O–H groups in total. The van der Waals surface area contributed by atoms with Crippen LogP contribution in [0.2, 0.25) is 0 Å². The van der Waals surface area contributed by atoms with Gasteiger partial charge in [-0.3, -0.25) is 9.48 Å². The summed E-state index contributed by atoms with van der Waals surface area (Å²) < 4.78 is 1.74. The molecule has 0 fully saturated rings. The highest BCUT2D eigenvalue weighted by atomic mass is 16.2. The fraction of sp³-hybridized carbons (Fsp3) is 0.286. The quantitative estimate of drug-likeness (QED) is 0.655. The molecule has 0 saturated carbocycles. The maximum atomic E-state index is 13.3. The normalized spacial score (nSPS) is 10.9. The number of likely N-dealkylation sites (N-methyl/N-ethyl adjacent to an activating group) is 1. The first kappa shape index (κ1) is 17.9. The summed E-state index contributed by atoms with van der Waals surface area (Å²) in [7, 11) is 1.86. The Morgan fingerprint density at radius 2 is 1.96 bits per heavy atom. The van der Waals surface area contributed by atoms with Crippen molar-refractivity contribution in [1.29, 1.82) is 0 Å². The van der Waals surface area contributed by atoms with E-state index in [9.17, 15) is 4.79 Å². The van der Waals surface area contributed by atoms with Crippen molar-refractivity contribution >= 4 is 16.9 Å². The molecule has 0 aliphatic carbocycles. The molecule has 0 atom stereocenters. The predicted molar refractivity (Wildman–Crippen MR) is 105 cm³/mol. The monoisotopic (exact) mass is 348 g/mol. The van der Waals surface area contributed by atoms with Gasteiger partial charge < -0.3 is 4.90 Å². The van der Waals surface area contributed by atoms with Crippen molar-refractivity contribution in [1.82, 2.24) is 19.7 Å². The number of fused-ring (bicyclic) bond motifs is 1. The number of hydrogen-bond acceptors (Lipinski definition) is 3. The van der Waals surface area contributed by atoms with Gasteiger partial charge in [-0.2, -0.15) is 5.10 Å². The average molecular weight is 348 g/mol. The Kier molecular flexibility index (Phi) is 4.89. The number of carbonyl (C=O) groups excluding carboxylic acids is 1. The molecule has 5 heteroatoms. The van der Waals surface area contributed by atoms with E-state index in [2.05, 4.69) is 11.7 Å². The van der Waals surface area contributed by atoms with E-state index in [-0.39, 0.29) is 5.91 Å². The molecule has 0 saturated heterocycles. The van der Waals surface area contributed by atoms with Gasteiger partial charge in [0.15, 0.2) is 5.65 Å². The Morgan fingerprint density at radius 3 is 2.58 bits per heavy atom. The van der Waals surface area contributed by atoms with Gasteiger partial charge in [0.1, 0.15) is 0 Å². The number of aromatic nitrogens is 3. The van der Waals surface area contributed by atoms with Crippen LogP contribution in [0.4, 0.5) is 0 Å². The van der Waals surface area contributed by atoms with Crippen molar-refractivity contribution in [2.75, 3.05) is 13.1 Å². The van der Waals surface area contributed by atoms with Gasteiger partial charge in [0.2, 0.25) is 0 Å². The van der Waals surface area contributed by atoms with Crippen molar-refractivity contribution in [3.63, 3.8) is 0 Å². The number of pyridine rings is 1. The van der Waals surface area contributed by atoms with E-state index in [1.807, 2.05) is 64.2 Å². The van der Waals surface area contributed by atoms with E-state index in [4.69, 9.17) is 4.98 Å². The first-order valence-electron chi connectivity index (χ1n) is 8.75. The second-order valence-corrected chi connectivity index (χ2v) is 6.61. The third-order valence-corrected chi connectivity index (χ3v) is 4.40. The molecule has 134 valence electrons. The van der Waals surface area contributed by atoms with Crippen LogP contribution in [-0.2, 0) is 7.05 Å². The van der Waals surface area contributed by atoms with Gasteiger partial charge in [-0.1, -0.05) is 42.5 Å². The predicted octanol–water partition coefficient (Wildman–Crippen LogP) is 3.98. The summed E-state index contributed by atoms with van der Waals surface area (Å²) in [4.78, 5) is 19.9. The summed E-state index contributed by atoms with van der Waals surface area (Å²) in [6.45, 7) is 10.9. The van der Waals surface area contributed by atoms with Crippen molar-refractivity contribution in [3.05, 3.63) is 59.8 Å². The lowest BCUT2D eigenvalue weighted by Crippen LogP contribution is -2.32. The maximum Gasteiger partial charge on any atom is 0.255 e. The minimum absolute atomic E-state index is 0.0174. The molecule has 0 unspecified atom stereocenters. The Morgan fingerprint density at radius 1 is 1.27 bits per heavy atom. The Balaban J connectivity index is 2.22. The standard InChI is InChI=1S/C21H24N4O/c1-6-25(13-14(2)3)21(26)17-12-18(16-10-8-7-9-11-16)22-20-19(17)15(4)23-24(20)5/h7-12H,2,6,13H2,1,3-5H3. The molecule has 3 rings (SSSR count). The van der Waals surface area contributed by atoms with Gasteiger partial charge in [-0.15, -0.1) is 0 Å². The molecular weight excluding hydrogens is 324 g/mol. The molecule has 3 aromatic rings. The second-order valence-electron chi connectivity index (χ2n) is 6.61. The van der Waals surface area contributed by atoms with Gasteiger partial charge in [0.25, 0.3) is 5.91 Å². The third kappa shape index (κ3) is 3.25. The highest BCUT2D eigenvalue weighted by Gasteiger charge is 2.22. The number of amides is 1. The van der Waals surface area contributed by atoms with Crippen LogP contribution in [0, 0.1) is 6.92 Å². The van der Waals surface area contributed by atoms with Crippen LogP contribution in [0.1, 0.15) is 29.9 Å². The highest BCUT2D eigenvalue weighted by Crippen LogP contribution is 2.27. The van der Waals surface area contributed by atoms with Gasteiger partial charge in [-0.25, -0.2) is 4.98 Å². The smallest absolute Gasteiger partial charge is 0.255 e. The largest absolute Gasteiger partial charge is 0.335 e. The third-order valence-electron chi connectivity index (χ3n) is 4.40. The fourth-order valence-electron chi connectivity index (χ4n) is 3.19. The first-order valence-corrected chi connectivity index (χ1v) is 8.75. The first-order chi connectivity index (χ1) is 12.4. The molecule has 0 spiro atoms. The van der Waals surface area contributed by atoms with E-state index in [0.29, 0.717) is 18.7 Å². The number of carbonyl (C=O) groups is 1. The molecule has 0 aliphatic heterocycles. The van der Waals surface area contributed by atoms with Crippen LogP contribution >= 0.6 is 0 Å². The molecule has 0 bridgehead atoms. The summed E-state index contributed by atoms with van der Waals surface area (Å²) >= 11 is 0. The van der Waals surface area contributed by atoms with Gasteiger partial charge in [0.05, 0.1) is 22.3 Å². The number of hydrogen-bond donors (Lipinski definition) is 0. The van der Waals surface area contributed by atoms with E-state index in [1.54, 1.807) is 9.58 Å². The Bertz CT molecular complexity index is 973. The van der Waals surface area contributed by atoms with Gasteiger partial charge >= 0.3 is 0 Å². The van der Waals surface area contributed by atoms with Crippen molar-refractivity contribution in [3.8, 4) is 11.3 Å². The van der Waals surface area contributed by atoms with E-state index >= 15 is 0 Å². The molecule has 26 heavy (non-hydrogen) atoms.